The van der Waals surface area contributed by atoms with Crippen LogP contribution in [0.4, 0.5) is 0 Å². The summed E-state index contributed by atoms with van der Waals surface area (Å²) >= 11 is 0. The molecule has 0 aromatic carbocycles. The first-order valence-electron chi connectivity index (χ1n) is 5.03. The Bertz CT molecular complexity index is 284. The SMILES string of the molecule is CC1CC(O)(Cc2ccoc2)CN1C. The number of β-amino-alcohol motifs (C(OH)–C–C–N with tert-alkyl or cyclic N) is 1. The van der Waals surface area contributed by atoms with Crippen LogP contribution in [0.2, 0.25) is 0 Å². The summed E-state index contributed by atoms with van der Waals surface area (Å²) in [6.07, 6.45) is 4.90. The zero-order valence-electron chi connectivity index (χ0n) is 8.73. The summed E-state index contributed by atoms with van der Waals surface area (Å²) in [5, 5.41) is 10.3. The number of rotatable bonds is 2. The first-order chi connectivity index (χ1) is 6.59. The van der Waals surface area contributed by atoms with Gasteiger partial charge in [-0.3, -0.25) is 0 Å². The molecule has 0 radical (unpaired) electrons. The van der Waals surface area contributed by atoms with E-state index in [1.165, 1.54) is 0 Å². The fourth-order valence-electron chi connectivity index (χ4n) is 2.29. The molecule has 2 heterocycles. The quantitative estimate of drug-likeness (QED) is 0.772. The van der Waals surface area contributed by atoms with Crippen LogP contribution in [0, 0.1) is 0 Å². The third kappa shape index (κ3) is 1.83. The van der Waals surface area contributed by atoms with E-state index in [4.69, 9.17) is 4.42 Å². The number of nitrogens with zero attached hydrogens (tertiary/aromatic N) is 1. The normalized spacial score (nSPS) is 33.8. The molecule has 1 aliphatic rings. The van der Waals surface area contributed by atoms with Crippen LogP contribution in [0.15, 0.2) is 23.0 Å². The Morgan fingerprint density at radius 3 is 3.00 bits per heavy atom. The molecule has 1 saturated heterocycles. The van der Waals surface area contributed by atoms with Crippen LogP contribution in [-0.2, 0) is 6.42 Å². The van der Waals surface area contributed by atoms with Crippen molar-refractivity contribution in [3.8, 4) is 0 Å². The minimum atomic E-state index is -0.571. The van der Waals surface area contributed by atoms with Crippen LogP contribution in [0.3, 0.4) is 0 Å². The maximum atomic E-state index is 10.3. The zero-order chi connectivity index (χ0) is 10.2. The van der Waals surface area contributed by atoms with Crippen LogP contribution in [0.25, 0.3) is 0 Å². The molecule has 0 saturated carbocycles. The maximum Gasteiger partial charge on any atom is 0.0935 e. The monoisotopic (exact) mass is 195 g/mol. The molecule has 2 rings (SSSR count). The molecule has 1 fully saturated rings. The zero-order valence-corrected chi connectivity index (χ0v) is 8.73. The van der Waals surface area contributed by atoms with Gasteiger partial charge in [-0.25, -0.2) is 0 Å². The number of likely N-dealkylation sites (tertiary alicyclic amines) is 1. The average Bonchev–Trinajstić information content (AvgIpc) is 2.62. The number of hydrogen-bond acceptors (Lipinski definition) is 3. The molecule has 2 unspecified atom stereocenters. The maximum absolute atomic E-state index is 10.3. The summed E-state index contributed by atoms with van der Waals surface area (Å²) in [5.41, 5.74) is 0.507. The van der Waals surface area contributed by atoms with Gasteiger partial charge in [0.2, 0.25) is 0 Å². The molecule has 0 amide bonds. The van der Waals surface area contributed by atoms with Crippen molar-refractivity contribution in [3.05, 3.63) is 24.2 Å². The van der Waals surface area contributed by atoms with Crippen molar-refractivity contribution in [1.82, 2.24) is 4.90 Å². The molecule has 1 aromatic heterocycles. The third-order valence-electron chi connectivity index (χ3n) is 3.08. The molecule has 3 heteroatoms. The second-order valence-electron chi connectivity index (χ2n) is 4.50. The third-order valence-corrected chi connectivity index (χ3v) is 3.08. The second kappa shape index (κ2) is 3.41. The Labute approximate surface area is 84.3 Å². The molecule has 2 atom stereocenters. The highest BCUT2D eigenvalue weighted by Gasteiger charge is 2.38. The predicted octanol–water partition coefficient (Wildman–Crippen LogP) is 1.28. The van der Waals surface area contributed by atoms with Gasteiger partial charge >= 0.3 is 0 Å². The van der Waals surface area contributed by atoms with Gasteiger partial charge in [-0.05, 0) is 32.0 Å². The molecule has 1 aliphatic heterocycles. The Hall–Kier alpha value is -0.800. The fraction of sp³-hybridized carbons (Fsp3) is 0.636. The highest BCUT2D eigenvalue weighted by atomic mass is 16.3. The second-order valence-corrected chi connectivity index (χ2v) is 4.50. The Balaban J connectivity index is 2.04. The van der Waals surface area contributed by atoms with Crippen LogP contribution in [-0.4, -0.2) is 35.2 Å². The summed E-state index contributed by atoms with van der Waals surface area (Å²) in [6.45, 7) is 2.90. The van der Waals surface area contributed by atoms with Gasteiger partial charge in [0.1, 0.15) is 0 Å². The van der Waals surface area contributed by atoms with E-state index in [2.05, 4.69) is 18.9 Å². The Morgan fingerprint density at radius 1 is 1.71 bits per heavy atom. The van der Waals surface area contributed by atoms with Gasteiger partial charge in [0.05, 0.1) is 18.1 Å². The Kier molecular flexibility index (Phi) is 2.37. The first kappa shape index (κ1) is 9.74. The van der Waals surface area contributed by atoms with Crippen molar-refractivity contribution in [3.63, 3.8) is 0 Å². The summed E-state index contributed by atoms with van der Waals surface area (Å²) < 4.78 is 5.00. The van der Waals surface area contributed by atoms with E-state index in [1.54, 1.807) is 12.5 Å². The van der Waals surface area contributed by atoms with Gasteiger partial charge in [-0.2, -0.15) is 0 Å². The smallest absolute Gasteiger partial charge is 0.0935 e. The van der Waals surface area contributed by atoms with Gasteiger partial charge < -0.3 is 14.4 Å². The van der Waals surface area contributed by atoms with Crippen LogP contribution >= 0.6 is 0 Å². The van der Waals surface area contributed by atoms with Gasteiger partial charge in [0.25, 0.3) is 0 Å². The molecule has 14 heavy (non-hydrogen) atoms. The van der Waals surface area contributed by atoms with Gasteiger partial charge in [0.15, 0.2) is 0 Å². The van der Waals surface area contributed by atoms with Gasteiger partial charge in [-0.15, -0.1) is 0 Å². The Morgan fingerprint density at radius 2 is 2.50 bits per heavy atom. The molecule has 1 aromatic rings. The summed E-state index contributed by atoms with van der Waals surface area (Å²) in [6, 6.07) is 2.38. The lowest BCUT2D eigenvalue weighted by atomic mass is 9.93. The summed E-state index contributed by atoms with van der Waals surface area (Å²) in [7, 11) is 2.05. The first-order valence-corrected chi connectivity index (χ1v) is 5.03. The summed E-state index contributed by atoms with van der Waals surface area (Å²) in [4.78, 5) is 2.19. The van der Waals surface area contributed by atoms with Crippen molar-refractivity contribution in [2.24, 2.45) is 0 Å². The number of hydrogen-bond donors (Lipinski definition) is 1. The van der Waals surface area contributed by atoms with Gasteiger partial charge in [0, 0.05) is 19.0 Å². The lowest BCUT2D eigenvalue weighted by Gasteiger charge is -2.21. The highest BCUT2D eigenvalue weighted by molar-refractivity contribution is 5.11. The van der Waals surface area contributed by atoms with E-state index in [9.17, 15) is 5.11 Å². The molecule has 78 valence electrons. The van der Waals surface area contributed by atoms with Crippen molar-refractivity contribution in [1.29, 1.82) is 0 Å². The van der Waals surface area contributed by atoms with E-state index >= 15 is 0 Å². The topological polar surface area (TPSA) is 36.6 Å². The average molecular weight is 195 g/mol. The minimum Gasteiger partial charge on any atom is -0.472 e. The largest absolute Gasteiger partial charge is 0.472 e. The van der Waals surface area contributed by atoms with Crippen LogP contribution in [0.1, 0.15) is 18.9 Å². The van der Waals surface area contributed by atoms with Gasteiger partial charge in [-0.1, -0.05) is 0 Å². The van der Waals surface area contributed by atoms with Crippen LogP contribution < -0.4 is 0 Å². The van der Waals surface area contributed by atoms with Crippen molar-refractivity contribution in [2.45, 2.75) is 31.4 Å². The van der Waals surface area contributed by atoms with E-state index in [-0.39, 0.29) is 0 Å². The minimum absolute atomic E-state index is 0.465. The van der Waals surface area contributed by atoms with E-state index < -0.39 is 5.60 Å². The van der Waals surface area contributed by atoms with Crippen LogP contribution in [0.5, 0.6) is 0 Å². The number of furan rings is 1. The van der Waals surface area contributed by atoms with Crippen molar-refractivity contribution in [2.75, 3.05) is 13.6 Å². The lowest BCUT2D eigenvalue weighted by molar-refractivity contribution is 0.0519. The van der Waals surface area contributed by atoms with E-state index in [0.29, 0.717) is 12.5 Å². The summed E-state index contributed by atoms with van der Waals surface area (Å²) in [5.74, 6) is 0. The predicted molar refractivity (Wildman–Crippen MR) is 54.1 cm³/mol. The standard InChI is InChI=1S/C11H17NO2/c1-9-5-11(13,8-12(9)2)6-10-3-4-14-7-10/h3-4,7,9,13H,5-6,8H2,1-2H3. The molecule has 1 N–H and O–H groups in total. The molecule has 0 spiro atoms. The fourth-order valence-corrected chi connectivity index (χ4v) is 2.29. The molecular formula is C11H17NO2. The lowest BCUT2D eigenvalue weighted by Crippen LogP contribution is -2.34. The number of likely N-dealkylation sites (N-methyl/N-ethyl adjacent to an activating group) is 1. The van der Waals surface area contributed by atoms with Crippen molar-refractivity contribution < 1.29 is 9.52 Å². The molecule has 0 bridgehead atoms. The number of aliphatic hydroxyl groups is 1. The highest BCUT2D eigenvalue weighted by Crippen LogP contribution is 2.28. The van der Waals surface area contributed by atoms with E-state index in [0.717, 1.165) is 18.5 Å². The van der Waals surface area contributed by atoms with Crippen molar-refractivity contribution >= 4 is 0 Å². The molecule has 0 aliphatic carbocycles. The molecule has 3 nitrogen and oxygen atoms in total. The van der Waals surface area contributed by atoms with E-state index in [1.807, 2.05) is 6.07 Å². The molecular weight excluding hydrogens is 178 g/mol.